The number of nitrogens with one attached hydrogen (secondary N) is 2. The highest BCUT2D eigenvalue weighted by atomic mass is 79.9. The summed E-state index contributed by atoms with van der Waals surface area (Å²) in [5.74, 6) is -0.195. The number of nitrogens with zero attached hydrogens (tertiary/aromatic N) is 1. The fourth-order valence-corrected chi connectivity index (χ4v) is 3.62. The lowest BCUT2D eigenvalue weighted by Crippen LogP contribution is -2.25. The highest BCUT2D eigenvalue weighted by Crippen LogP contribution is 2.27. The molecule has 2 amide bonds. The summed E-state index contributed by atoms with van der Waals surface area (Å²) >= 11 is 3.49. The van der Waals surface area contributed by atoms with Gasteiger partial charge in [0.25, 0.3) is 5.91 Å². The van der Waals surface area contributed by atoms with Crippen molar-refractivity contribution < 1.29 is 14.3 Å². The summed E-state index contributed by atoms with van der Waals surface area (Å²) in [5.41, 5.74) is 3.07. The molecule has 0 spiro atoms. The van der Waals surface area contributed by atoms with E-state index in [0.717, 1.165) is 26.6 Å². The standard InChI is InChI=1S/C19H16BrN3O3/c20-16-14-6-1-2-7-15(14)22-17(16)18(24)21-11-12-4-3-5-13(10-12)23-8-9-26-19(23)25/h1-7,10,22H,8-9,11H2,(H,21,24). The predicted molar refractivity (Wildman–Crippen MR) is 102 cm³/mol. The Hall–Kier alpha value is -2.80. The number of hydrogen-bond acceptors (Lipinski definition) is 3. The van der Waals surface area contributed by atoms with Crippen molar-refractivity contribution in [1.82, 2.24) is 10.3 Å². The van der Waals surface area contributed by atoms with Crippen LogP contribution in [0.15, 0.2) is 53.0 Å². The molecular formula is C19H16BrN3O3. The van der Waals surface area contributed by atoms with Crippen molar-refractivity contribution in [2.45, 2.75) is 6.54 Å². The molecular weight excluding hydrogens is 398 g/mol. The van der Waals surface area contributed by atoms with Gasteiger partial charge in [0.1, 0.15) is 12.3 Å². The maximum atomic E-state index is 12.5. The number of amides is 2. The zero-order valence-electron chi connectivity index (χ0n) is 13.8. The molecule has 1 aliphatic heterocycles. The molecule has 0 radical (unpaired) electrons. The molecule has 0 unspecified atom stereocenters. The average Bonchev–Trinajstić information content (AvgIpc) is 3.24. The van der Waals surface area contributed by atoms with Crippen molar-refractivity contribution in [3.8, 4) is 0 Å². The topological polar surface area (TPSA) is 74.4 Å². The highest BCUT2D eigenvalue weighted by Gasteiger charge is 2.23. The second-order valence-electron chi connectivity index (χ2n) is 5.98. The molecule has 0 saturated carbocycles. The zero-order chi connectivity index (χ0) is 18.1. The van der Waals surface area contributed by atoms with Gasteiger partial charge in [0, 0.05) is 23.1 Å². The summed E-state index contributed by atoms with van der Waals surface area (Å²) in [6.07, 6.45) is -0.340. The van der Waals surface area contributed by atoms with Crippen molar-refractivity contribution in [2.75, 3.05) is 18.1 Å². The van der Waals surface area contributed by atoms with Crippen LogP contribution >= 0.6 is 15.9 Å². The van der Waals surface area contributed by atoms with Gasteiger partial charge in [0.05, 0.1) is 11.0 Å². The van der Waals surface area contributed by atoms with E-state index in [0.29, 0.717) is 25.4 Å². The summed E-state index contributed by atoms with van der Waals surface area (Å²) in [6.45, 7) is 1.29. The van der Waals surface area contributed by atoms with E-state index in [2.05, 4.69) is 26.2 Å². The number of fused-ring (bicyclic) bond motifs is 1. The smallest absolute Gasteiger partial charge is 0.414 e. The van der Waals surface area contributed by atoms with Gasteiger partial charge < -0.3 is 15.0 Å². The van der Waals surface area contributed by atoms with Gasteiger partial charge in [0.15, 0.2) is 0 Å². The highest BCUT2D eigenvalue weighted by molar-refractivity contribution is 9.10. The van der Waals surface area contributed by atoms with E-state index in [-0.39, 0.29) is 12.0 Å². The van der Waals surface area contributed by atoms with Crippen molar-refractivity contribution in [2.24, 2.45) is 0 Å². The van der Waals surface area contributed by atoms with Crippen LogP contribution in [0.4, 0.5) is 10.5 Å². The quantitative estimate of drug-likeness (QED) is 0.682. The minimum Gasteiger partial charge on any atom is -0.447 e. The number of anilines is 1. The Morgan fingerprint density at radius 3 is 2.85 bits per heavy atom. The first-order valence-corrected chi connectivity index (χ1v) is 9.00. The number of H-pyrrole nitrogens is 1. The van der Waals surface area contributed by atoms with E-state index < -0.39 is 0 Å². The Balaban J connectivity index is 1.49. The van der Waals surface area contributed by atoms with Gasteiger partial charge in [0.2, 0.25) is 0 Å². The first kappa shape index (κ1) is 16.7. The fraction of sp³-hybridized carbons (Fsp3) is 0.158. The van der Waals surface area contributed by atoms with Crippen LogP contribution < -0.4 is 10.2 Å². The Labute approximate surface area is 158 Å². The Morgan fingerprint density at radius 2 is 2.08 bits per heavy atom. The van der Waals surface area contributed by atoms with Crippen LogP contribution in [0.25, 0.3) is 10.9 Å². The number of ether oxygens (including phenoxy) is 1. The first-order valence-electron chi connectivity index (χ1n) is 8.21. The summed E-state index contributed by atoms with van der Waals surface area (Å²) < 4.78 is 5.71. The molecule has 6 nitrogen and oxygen atoms in total. The molecule has 7 heteroatoms. The number of aromatic amines is 1. The number of cyclic esters (lactones) is 1. The lowest BCUT2D eigenvalue weighted by molar-refractivity contribution is 0.0946. The van der Waals surface area contributed by atoms with Crippen LogP contribution in [0.3, 0.4) is 0 Å². The lowest BCUT2D eigenvalue weighted by Gasteiger charge is -2.14. The molecule has 132 valence electrons. The maximum absolute atomic E-state index is 12.5. The monoisotopic (exact) mass is 413 g/mol. The van der Waals surface area contributed by atoms with Gasteiger partial charge in [-0.15, -0.1) is 0 Å². The van der Waals surface area contributed by atoms with Crippen molar-refractivity contribution in [1.29, 1.82) is 0 Å². The predicted octanol–water partition coefficient (Wildman–Crippen LogP) is 3.82. The molecule has 2 N–H and O–H groups in total. The molecule has 1 saturated heterocycles. The van der Waals surface area contributed by atoms with Gasteiger partial charge in [-0.3, -0.25) is 9.69 Å². The molecule has 2 aromatic carbocycles. The number of carbonyl (C=O) groups is 2. The molecule has 3 aromatic rings. The maximum Gasteiger partial charge on any atom is 0.414 e. The van der Waals surface area contributed by atoms with Gasteiger partial charge in [-0.1, -0.05) is 30.3 Å². The molecule has 1 aliphatic rings. The fourth-order valence-electron chi connectivity index (χ4n) is 3.00. The number of halogens is 1. The number of aromatic nitrogens is 1. The van der Waals surface area contributed by atoms with Gasteiger partial charge in [-0.2, -0.15) is 0 Å². The Morgan fingerprint density at radius 1 is 1.23 bits per heavy atom. The third-order valence-electron chi connectivity index (χ3n) is 4.31. The SMILES string of the molecule is O=C(NCc1cccc(N2CCOC2=O)c1)c1[nH]c2ccccc2c1Br. The summed E-state index contributed by atoms with van der Waals surface area (Å²) in [7, 11) is 0. The van der Waals surface area contributed by atoms with Gasteiger partial charge >= 0.3 is 6.09 Å². The average molecular weight is 414 g/mol. The lowest BCUT2D eigenvalue weighted by atomic mass is 10.2. The van der Waals surface area contributed by atoms with Crippen molar-refractivity contribution in [3.05, 3.63) is 64.3 Å². The second-order valence-corrected chi connectivity index (χ2v) is 6.77. The molecule has 4 rings (SSSR count). The molecule has 0 aliphatic carbocycles. The summed E-state index contributed by atoms with van der Waals surface area (Å²) in [6, 6.07) is 15.2. The number of rotatable bonds is 4. The minimum atomic E-state index is -0.340. The molecule has 1 aromatic heterocycles. The number of hydrogen-bond donors (Lipinski definition) is 2. The largest absolute Gasteiger partial charge is 0.447 e. The van der Waals surface area contributed by atoms with Crippen LogP contribution in [0.1, 0.15) is 16.1 Å². The number of benzene rings is 2. The van der Waals surface area contributed by atoms with Crippen molar-refractivity contribution >= 4 is 44.5 Å². The molecule has 0 bridgehead atoms. The number of para-hydroxylation sites is 1. The minimum absolute atomic E-state index is 0.195. The van der Waals surface area contributed by atoms with E-state index in [1.165, 1.54) is 0 Å². The van der Waals surface area contributed by atoms with Crippen LogP contribution in [0.5, 0.6) is 0 Å². The third-order valence-corrected chi connectivity index (χ3v) is 5.13. The van der Waals surface area contributed by atoms with Crippen LogP contribution in [0.2, 0.25) is 0 Å². The van der Waals surface area contributed by atoms with Crippen LogP contribution in [-0.2, 0) is 11.3 Å². The first-order chi connectivity index (χ1) is 12.6. The molecule has 2 heterocycles. The van der Waals surface area contributed by atoms with Crippen LogP contribution in [-0.4, -0.2) is 30.1 Å². The summed E-state index contributed by atoms with van der Waals surface area (Å²) in [4.78, 5) is 28.9. The summed E-state index contributed by atoms with van der Waals surface area (Å²) in [5, 5.41) is 3.88. The normalized spacial score (nSPS) is 13.9. The zero-order valence-corrected chi connectivity index (χ0v) is 15.4. The van der Waals surface area contributed by atoms with E-state index in [9.17, 15) is 9.59 Å². The van der Waals surface area contributed by atoms with Crippen LogP contribution in [0, 0.1) is 0 Å². The molecule has 26 heavy (non-hydrogen) atoms. The molecule has 1 fully saturated rings. The van der Waals surface area contributed by atoms with Crippen molar-refractivity contribution in [3.63, 3.8) is 0 Å². The van der Waals surface area contributed by atoms with Gasteiger partial charge in [-0.05, 0) is 39.7 Å². The van der Waals surface area contributed by atoms with E-state index in [4.69, 9.17) is 4.74 Å². The number of carbonyl (C=O) groups excluding carboxylic acids is 2. The van der Waals surface area contributed by atoms with Gasteiger partial charge in [-0.25, -0.2) is 4.79 Å². The van der Waals surface area contributed by atoms with E-state index in [1.807, 2.05) is 48.5 Å². The second kappa shape index (κ2) is 6.84. The molecule has 0 atom stereocenters. The third kappa shape index (κ3) is 3.06. The Kier molecular flexibility index (Phi) is 4.38. The Bertz CT molecular complexity index is 999. The van der Waals surface area contributed by atoms with E-state index in [1.54, 1.807) is 4.90 Å². The van der Waals surface area contributed by atoms with E-state index >= 15 is 0 Å².